The second kappa shape index (κ2) is 4.96. The van der Waals surface area contributed by atoms with Crippen molar-refractivity contribution in [2.75, 3.05) is 24.3 Å². The zero-order valence-electron chi connectivity index (χ0n) is 10.9. The maximum atomic E-state index is 6.05. The van der Waals surface area contributed by atoms with Gasteiger partial charge < -0.3 is 15.8 Å². The van der Waals surface area contributed by atoms with Gasteiger partial charge in [-0.05, 0) is 27.2 Å². The fourth-order valence-electron chi connectivity index (χ4n) is 2.26. The van der Waals surface area contributed by atoms with Crippen LogP contribution in [0.2, 0.25) is 0 Å². The van der Waals surface area contributed by atoms with E-state index in [1.807, 2.05) is 11.6 Å². The smallest absolute Gasteiger partial charge is 0.148 e. The highest BCUT2D eigenvalue weighted by molar-refractivity contribution is 5.65. The van der Waals surface area contributed by atoms with Crippen LogP contribution in [0.15, 0.2) is 0 Å². The van der Waals surface area contributed by atoms with Crippen molar-refractivity contribution in [1.29, 1.82) is 0 Å². The summed E-state index contributed by atoms with van der Waals surface area (Å²) in [5.41, 5.74) is 7.70. The van der Waals surface area contributed by atoms with Crippen molar-refractivity contribution in [3.63, 3.8) is 0 Å². The van der Waals surface area contributed by atoms with Gasteiger partial charge in [-0.2, -0.15) is 5.10 Å². The normalized spacial score (nSPS) is 21.7. The number of nitrogens with two attached hydrogens (primary N) is 1. The number of nitrogens with one attached hydrogen (secondary N) is 1. The Labute approximate surface area is 102 Å². The Hall–Kier alpha value is -1.23. The molecule has 0 saturated carbocycles. The summed E-state index contributed by atoms with van der Waals surface area (Å²) < 4.78 is 7.34. The van der Waals surface area contributed by atoms with E-state index in [1.54, 1.807) is 0 Å². The summed E-state index contributed by atoms with van der Waals surface area (Å²) >= 11 is 0. The lowest BCUT2D eigenvalue weighted by Gasteiger charge is -2.21. The molecule has 1 aromatic heterocycles. The van der Waals surface area contributed by atoms with Gasteiger partial charge >= 0.3 is 0 Å². The van der Waals surface area contributed by atoms with Gasteiger partial charge in [0, 0.05) is 25.1 Å². The minimum absolute atomic E-state index is 0.362. The molecule has 1 saturated heterocycles. The average Bonchev–Trinajstić information content (AvgIpc) is 2.92. The Morgan fingerprint density at radius 1 is 1.65 bits per heavy atom. The Morgan fingerprint density at radius 3 is 3.00 bits per heavy atom. The van der Waals surface area contributed by atoms with E-state index in [0.29, 0.717) is 12.0 Å². The highest BCUT2D eigenvalue weighted by Crippen LogP contribution is 2.26. The summed E-state index contributed by atoms with van der Waals surface area (Å²) in [4.78, 5) is 0. The number of ether oxygens (including phenoxy) is 1. The lowest BCUT2D eigenvalue weighted by molar-refractivity contribution is 0.183. The highest BCUT2D eigenvalue weighted by atomic mass is 16.5. The SMILES string of the molecule is CCn1nc(C)c(N)c1NC(C)C1CCOC1. The van der Waals surface area contributed by atoms with Gasteiger partial charge in [-0.25, -0.2) is 4.68 Å². The number of nitrogen functional groups attached to an aromatic ring is 1. The molecule has 0 aliphatic carbocycles. The molecule has 2 unspecified atom stereocenters. The van der Waals surface area contributed by atoms with Crippen LogP contribution in [0.25, 0.3) is 0 Å². The molecule has 2 atom stereocenters. The summed E-state index contributed by atoms with van der Waals surface area (Å²) in [7, 11) is 0. The van der Waals surface area contributed by atoms with Gasteiger partial charge in [0.05, 0.1) is 18.0 Å². The van der Waals surface area contributed by atoms with Crippen LogP contribution < -0.4 is 11.1 Å². The number of aromatic nitrogens is 2. The first kappa shape index (κ1) is 12.2. The largest absolute Gasteiger partial charge is 0.394 e. The van der Waals surface area contributed by atoms with E-state index in [-0.39, 0.29) is 0 Å². The van der Waals surface area contributed by atoms with Crippen molar-refractivity contribution in [3.05, 3.63) is 5.69 Å². The Morgan fingerprint density at radius 2 is 2.41 bits per heavy atom. The molecule has 17 heavy (non-hydrogen) atoms. The van der Waals surface area contributed by atoms with Gasteiger partial charge in [-0.3, -0.25) is 0 Å². The quantitative estimate of drug-likeness (QED) is 0.836. The molecule has 1 fully saturated rings. The Balaban J connectivity index is 2.11. The molecular weight excluding hydrogens is 216 g/mol. The summed E-state index contributed by atoms with van der Waals surface area (Å²) in [5.74, 6) is 1.51. The second-order valence-corrected chi connectivity index (χ2v) is 4.72. The van der Waals surface area contributed by atoms with Crippen LogP contribution in [-0.2, 0) is 11.3 Å². The molecule has 1 aliphatic heterocycles. The summed E-state index contributed by atoms with van der Waals surface area (Å²) in [6.07, 6.45) is 1.12. The van der Waals surface area contributed by atoms with Crippen molar-refractivity contribution in [3.8, 4) is 0 Å². The number of hydrogen-bond acceptors (Lipinski definition) is 4. The third-order valence-corrected chi connectivity index (χ3v) is 3.51. The van der Waals surface area contributed by atoms with Crippen molar-refractivity contribution >= 4 is 11.5 Å². The van der Waals surface area contributed by atoms with E-state index in [2.05, 4.69) is 24.3 Å². The maximum Gasteiger partial charge on any atom is 0.148 e. The Kier molecular flexibility index (Phi) is 3.57. The number of anilines is 2. The molecule has 5 heteroatoms. The summed E-state index contributed by atoms with van der Waals surface area (Å²) in [5, 5.41) is 7.89. The third kappa shape index (κ3) is 2.39. The summed E-state index contributed by atoms with van der Waals surface area (Å²) in [6, 6.07) is 0.362. The van der Waals surface area contributed by atoms with Crippen molar-refractivity contribution in [2.24, 2.45) is 5.92 Å². The zero-order chi connectivity index (χ0) is 12.4. The first-order chi connectivity index (χ1) is 8.13. The van der Waals surface area contributed by atoms with Crippen LogP contribution in [0.5, 0.6) is 0 Å². The van der Waals surface area contributed by atoms with E-state index in [9.17, 15) is 0 Å². The molecule has 96 valence electrons. The molecule has 3 N–H and O–H groups in total. The van der Waals surface area contributed by atoms with Gasteiger partial charge in [0.2, 0.25) is 0 Å². The first-order valence-corrected chi connectivity index (χ1v) is 6.30. The van der Waals surface area contributed by atoms with Crippen molar-refractivity contribution in [2.45, 2.75) is 39.8 Å². The van der Waals surface area contributed by atoms with Crippen LogP contribution in [0.3, 0.4) is 0 Å². The van der Waals surface area contributed by atoms with E-state index in [0.717, 1.165) is 43.4 Å². The number of aryl methyl sites for hydroxylation is 2. The molecule has 0 aromatic carbocycles. The van der Waals surface area contributed by atoms with Crippen LogP contribution in [0.1, 0.15) is 26.0 Å². The van der Waals surface area contributed by atoms with Crippen LogP contribution >= 0.6 is 0 Å². The predicted molar refractivity (Wildman–Crippen MR) is 69.1 cm³/mol. The van der Waals surface area contributed by atoms with Gasteiger partial charge in [-0.1, -0.05) is 0 Å². The molecular formula is C12H22N4O. The van der Waals surface area contributed by atoms with E-state index in [4.69, 9.17) is 10.5 Å². The lowest BCUT2D eigenvalue weighted by Crippen LogP contribution is -2.27. The fraction of sp³-hybridized carbons (Fsp3) is 0.750. The standard InChI is InChI=1S/C12H22N4O/c1-4-16-12(11(13)9(3)15-16)14-8(2)10-5-6-17-7-10/h8,10,14H,4-7,13H2,1-3H3. The monoisotopic (exact) mass is 238 g/mol. The molecule has 0 bridgehead atoms. The van der Waals surface area contributed by atoms with E-state index < -0.39 is 0 Å². The predicted octanol–water partition coefficient (Wildman–Crippen LogP) is 1.63. The molecule has 0 amide bonds. The highest BCUT2D eigenvalue weighted by Gasteiger charge is 2.24. The molecule has 2 rings (SSSR count). The maximum absolute atomic E-state index is 6.05. The summed E-state index contributed by atoms with van der Waals surface area (Å²) in [6.45, 7) is 8.73. The molecule has 5 nitrogen and oxygen atoms in total. The number of rotatable bonds is 4. The van der Waals surface area contributed by atoms with E-state index in [1.165, 1.54) is 0 Å². The topological polar surface area (TPSA) is 65.1 Å². The minimum atomic E-state index is 0.362. The molecule has 1 aromatic rings. The van der Waals surface area contributed by atoms with Crippen molar-refractivity contribution < 1.29 is 4.74 Å². The number of hydrogen-bond donors (Lipinski definition) is 2. The number of nitrogens with zero attached hydrogens (tertiary/aromatic N) is 2. The first-order valence-electron chi connectivity index (χ1n) is 6.30. The molecule has 0 radical (unpaired) electrons. The van der Waals surface area contributed by atoms with E-state index >= 15 is 0 Å². The van der Waals surface area contributed by atoms with Crippen molar-refractivity contribution in [1.82, 2.24) is 9.78 Å². The zero-order valence-corrected chi connectivity index (χ0v) is 10.9. The molecule has 2 heterocycles. The average molecular weight is 238 g/mol. The second-order valence-electron chi connectivity index (χ2n) is 4.72. The molecule has 1 aliphatic rings. The van der Waals surface area contributed by atoms with Crippen LogP contribution in [-0.4, -0.2) is 29.0 Å². The third-order valence-electron chi connectivity index (χ3n) is 3.51. The minimum Gasteiger partial charge on any atom is -0.394 e. The van der Waals surface area contributed by atoms with Crippen LogP contribution in [0.4, 0.5) is 11.5 Å². The van der Waals surface area contributed by atoms with Gasteiger partial charge in [0.25, 0.3) is 0 Å². The Bertz CT molecular complexity index is 382. The van der Waals surface area contributed by atoms with Gasteiger partial charge in [0.15, 0.2) is 0 Å². The van der Waals surface area contributed by atoms with Gasteiger partial charge in [-0.15, -0.1) is 0 Å². The fourth-order valence-corrected chi connectivity index (χ4v) is 2.26. The molecule has 0 spiro atoms. The van der Waals surface area contributed by atoms with Gasteiger partial charge in [0.1, 0.15) is 5.82 Å². The van der Waals surface area contributed by atoms with Crippen LogP contribution in [0, 0.1) is 12.8 Å². The lowest BCUT2D eigenvalue weighted by atomic mass is 10.0.